The van der Waals surface area contributed by atoms with Gasteiger partial charge in [-0.1, -0.05) is 126 Å². The number of aryl methyl sites for hydroxylation is 2. The van der Waals surface area contributed by atoms with Gasteiger partial charge in [-0.2, -0.15) is 0 Å². The van der Waals surface area contributed by atoms with Gasteiger partial charge in [0.15, 0.2) is 0 Å². The van der Waals surface area contributed by atoms with Crippen LogP contribution in [0.1, 0.15) is 63.8 Å². The normalized spacial score (nSPS) is 10.6. The third-order valence-electron chi connectivity index (χ3n) is 13.7. The van der Waals surface area contributed by atoms with Crippen LogP contribution in [0.25, 0.3) is 67.5 Å². The third kappa shape index (κ3) is 18.6. The summed E-state index contributed by atoms with van der Waals surface area (Å²) in [7, 11) is 0. The van der Waals surface area contributed by atoms with E-state index in [2.05, 4.69) is 77.5 Å². The lowest BCUT2D eigenvalue weighted by molar-refractivity contribution is 0.467. The molecule has 12 rings (SSSR count). The zero-order chi connectivity index (χ0) is 64.8. The van der Waals surface area contributed by atoms with Gasteiger partial charge in [-0.15, -0.1) is 0 Å². The van der Waals surface area contributed by atoms with Crippen molar-refractivity contribution in [2.45, 2.75) is 66.2 Å². The molecule has 6 aromatic carbocycles. The number of nitrogens with zero attached hydrogens (tertiary/aromatic N) is 6. The summed E-state index contributed by atoms with van der Waals surface area (Å²) >= 11 is 0. The van der Waals surface area contributed by atoms with Crippen molar-refractivity contribution in [1.82, 2.24) is 29.9 Å². The highest BCUT2D eigenvalue weighted by molar-refractivity contribution is 5.75. The second-order valence-corrected chi connectivity index (χ2v) is 22.7. The van der Waals surface area contributed by atoms with Crippen LogP contribution in [0.5, 0.6) is 40.2 Å². The van der Waals surface area contributed by atoms with Gasteiger partial charge in [0.2, 0.25) is 0 Å². The number of para-hydroxylation sites is 4. The van der Waals surface area contributed by atoms with Crippen molar-refractivity contribution in [2.75, 3.05) is 5.73 Å². The number of benzene rings is 6. The van der Waals surface area contributed by atoms with E-state index in [0.29, 0.717) is 34.0 Å². The average molecular weight is 1200 g/mol. The zero-order valence-electron chi connectivity index (χ0n) is 51.6. The molecule has 0 spiro atoms. The van der Waals surface area contributed by atoms with Crippen LogP contribution in [0, 0.1) is 13.8 Å². The van der Waals surface area contributed by atoms with E-state index in [0.717, 1.165) is 73.0 Å². The van der Waals surface area contributed by atoms with Crippen molar-refractivity contribution >= 4 is 5.69 Å². The standard InChI is InChI=1S/C19H25NO.2C12H11NO.C11H10N2O.C11H9NO2.C11H9NO/c1-18(2,3)13-11-14(19(4,5)6)17(16(21)12-13)15-9-7-8-10-20-15;1-9-5-4-6-10(12(9)14)11-7-2-3-8-13-11;1-9-6-7-11(13-8-9)10-4-2-3-5-12(10)14;12-8-4-5-9(11(14)7-8)10-3-1-2-6-13-10;13-9-5-2-1-4-8(9)11-10(14)6-3-7-12-11;13-11-7-2-1-5-9(11)10-6-3-4-8-12-10/h7-12,21H,1-6H3;2*2-8,14H,1H3;1-7,14H,12H2;1-7,13-14H;1-8,13H. The Kier molecular flexibility index (Phi) is 23.0. The number of aromatic nitrogens is 6. The van der Waals surface area contributed by atoms with Gasteiger partial charge in [-0.25, -0.2) is 0 Å². The molecule has 0 aliphatic heterocycles. The summed E-state index contributed by atoms with van der Waals surface area (Å²) in [6.45, 7) is 16.9. The van der Waals surface area contributed by atoms with Gasteiger partial charge < -0.3 is 41.5 Å². The largest absolute Gasteiger partial charge is 0.507 e. The number of aromatic hydroxyl groups is 7. The number of pyridine rings is 6. The van der Waals surface area contributed by atoms with Crippen LogP contribution in [-0.2, 0) is 10.8 Å². The quantitative estimate of drug-likeness (QED) is 0.0722. The molecule has 0 aliphatic rings. The first-order valence-corrected chi connectivity index (χ1v) is 28.9. The van der Waals surface area contributed by atoms with E-state index in [1.807, 2.05) is 147 Å². The topological polar surface area (TPSA) is 245 Å². The van der Waals surface area contributed by atoms with Gasteiger partial charge in [0.25, 0.3) is 0 Å². The maximum Gasteiger partial charge on any atom is 0.141 e. The van der Waals surface area contributed by atoms with E-state index in [4.69, 9.17) is 5.73 Å². The zero-order valence-corrected chi connectivity index (χ0v) is 51.6. The minimum absolute atomic E-state index is 0.000125. The smallest absolute Gasteiger partial charge is 0.141 e. The van der Waals surface area contributed by atoms with Gasteiger partial charge in [0, 0.05) is 82.3 Å². The molecule has 12 aromatic rings. The first-order valence-electron chi connectivity index (χ1n) is 28.9. The molecule has 0 saturated heterocycles. The molecular formula is C76H75N7O7. The summed E-state index contributed by atoms with van der Waals surface area (Å²) in [4.78, 5) is 25.1. The lowest BCUT2D eigenvalue weighted by atomic mass is 9.77. The molecule has 0 radical (unpaired) electrons. The van der Waals surface area contributed by atoms with Crippen molar-refractivity contribution < 1.29 is 35.7 Å². The van der Waals surface area contributed by atoms with Crippen LogP contribution in [0.15, 0.2) is 256 Å². The Morgan fingerprint density at radius 3 is 1.20 bits per heavy atom. The highest BCUT2D eigenvalue weighted by Crippen LogP contribution is 2.42. The van der Waals surface area contributed by atoms with E-state index >= 15 is 0 Å². The Morgan fingerprint density at radius 2 is 0.756 bits per heavy atom. The van der Waals surface area contributed by atoms with Crippen molar-refractivity contribution in [3.8, 4) is 108 Å². The van der Waals surface area contributed by atoms with E-state index < -0.39 is 0 Å². The number of rotatable bonds is 6. The lowest BCUT2D eigenvalue weighted by Gasteiger charge is -2.28. The molecule has 14 nitrogen and oxygen atoms in total. The average Bonchev–Trinajstić information content (AvgIpc) is 0.850. The Labute approximate surface area is 526 Å². The Balaban J connectivity index is 0.000000155. The Hall–Kier alpha value is -11.4. The molecule has 6 heterocycles. The van der Waals surface area contributed by atoms with Crippen LogP contribution < -0.4 is 5.73 Å². The molecule has 0 atom stereocenters. The molecule has 0 aliphatic carbocycles. The van der Waals surface area contributed by atoms with Crippen LogP contribution in [0.4, 0.5) is 5.69 Å². The molecule has 0 fully saturated rings. The Morgan fingerprint density at radius 1 is 0.322 bits per heavy atom. The number of hydrogen-bond donors (Lipinski definition) is 8. The van der Waals surface area contributed by atoms with E-state index in [9.17, 15) is 35.7 Å². The highest BCUT2D eigenvalue weighted by atomic mass is 16.3. The molecule has 0 unspecified atom stereocenters. The number of nitrogen functional groups attached to an aromatic ring is 1. The van der Waals surface area contributed by atoms with E-state index in [-0.39, 0.29) is 39.6 Å². The maximum absolute atomic E-state index is 10.6. The molecule has 6 aromatic heterocycles. The summed E-state index contributed by atoms with van der Waals surface area (Å²) < 4.78 is 0. The number of nitrogens with two attached hydrogens (primary N) is 1. The van der Waals surface area contributed by atoms with E-state index in [1.54, 1.807) is 104 Å². The fourth-order valence-electron chi connectivity index (χ4n) is 8.91. The number of phenols is 6. The molecule has 0 saturated carbocycles. The van der Waals surface area contributed by atoms with Gasteiger partial charge in [-0.05, 0) is 174 Å². The number of hydrogen-bond acceptors (Lipinski definition) is 14. The van der Waals surface area contributed by atoms with Crippen LogP contribution in [0.2, 0.25) is 0 Å². The summed E-state index contributed by atoms with van der Waals surface area (Å²) in [5, 5.41) is 68.2. The van der Waals surface area contributed by atoms with Crippen molar-refractivity contribution in [2.24, 2.45) is 0 Å². The van der Waals surface area contributed by atoms with Crippen LogP contribution >= 0.6 is 0 Å². The second kappa shape index (κ2) is 31.3. The molecule has 0 amide bonds. The maximum atomic E-state index is 10.6. The molecule has 0 bridgehead atoms. The molecule has 9 N–H and O–H groups in total. The van der Waals surface area contributed by atoms with Crippen molar-refractivity contribution in [3.63, 3.8) is 0 Å². The third-order valence-corrected chi connectivity index (χ3v) is 13.7. The Bertz CT molecular complexity index is 4160. The van der Waals surface area contributed by atoms with Crippen LogP contribution in [-0.4, -0.2) is 65.6 Å². The van der Waals surface area contributed by atoms with Crippen molar-refractivity contribution in [3.05, 3.63) is 278 Å². The summed E-state index contributed by atoms with van der Waals surface area (Å²) in [5.41, 5.74) is 19.0. The molecule has 14 heteroatoms. The molecule has 456 valence electrons. The molecular weight excluding hydrogens is 1120 g/mol. The van der Waals surface area contributed by atoms with E-state index in [1.165, 1.54) is 12.1 Å². The second-order valence-electron chi connectivity index (χ2n) is 22.7. The summed E-state index contributed by atoms with van der Waals surface area (Å²) in [6, 6.07) is 65.6. The highest BCUT2D eigenvalue weighted by Gasteiger charge is 2.26. The predicted octanol–water partition coefficient (Wildman–Crippen LogP) is 17.2. The summed E-state index contributed by atoms with van der Waals surface area (Å²) in [6.07, 6.45) is 10.2. The first-order chi connectivity index (χ1) is 43.1. The fourth-order valence-corrected chi connectivity index (χ4v) is 8.91. The predicted molar refractivity (Wildman–Crippen MR) is 361 cm³/mol. The summed E-state index contributed by atoms with van der Waals surface area (Å²) in [5.74, 6) is 1.49. The first kappa shape index (κ1) is 66.2. The van der Waals surface area contributed by atoms with Gasteiger partial charge in [0.1, 0.15) is 45.9 Å². The fraction of sp³-hybridized carbons (Fsp3) is 0.132. The number of phenolic OH excluding ortho intramolecular Hbond substituents is 6. The van der Waals surface area contributed by atoms with Crippen LogP contribution in [0.3, 0.4) is 0 Å². The van der Waals surface area contributed by atoms with Gasteiger partial charge in [-0.3, -0.25) is 29.9 Å². The minimum atomic E-state index is -0.0639. The lowest BCUT2D eigenvalue weighted by Crippen LogP contribution is -2.17. The monoisotopic (exact) mass is 1200 g/mol. The minimum Gasteiger partial charge on any atom is -0.507 e. The van der Waals surface area contributed by atoms with Gasteiger partial charge in [0.05, 0.1) is 28.5 Å². The van der Waals surface area contributed by atoms with Crippen molar-refractivity contribution in [1.29, 1.82) is 0 Å². The molecule has 90 heavy (non-hydrogen) atoms. The van der Waals surface area contributed by atoms with Gasteiger partial charge >= 0.3 is 0 Å². The SMILES string of the molecule is CC(C)(C)c1cc(O)c(-c2ccccn2)c(C(C)(C)C)c1.Cc1ccc(-c2ccccc2O)nc1.Cc1cccc(-c2ccccn2)c1O.Nc1ccc(-c2ccccn2)c(O)c1.Oc1ccccc1-c1ccccn1.Oc1ccccc1-c1ncccc1O. The number of anilines is 1.